The zero-order chi connectivity index (χ0) is 59.5. The number of carbonyl (C=O) groups excluding carboxylic acids is 1. The summed E-state index contributed by atoms with van der Waals surface area (Å²) < 4.78 is 22.7. The summed E-state index contributed by atoms with van der Waals surface area (Å²) in [5.74, 6) is -0.246. The zero-order valence-corrected chi connectivity index (χ0v) is 52.5. The molecule has 9 N–H and O–H groups in total. The SMILES string of the molecule is CCCCC/C=C/CC/C=C/C(O)C(COC1OC(CO)C(OC2OC(CO)C(O)C(O)C2O)C(O)C1O)NC(=O)CCCCCCCCCCCCCCCCCCCCCCCCCCCCCCCCCCCCCCCCC. The van der Waals surface area contributed by atoms with Crippen LogP contribution in [0.4, 0.5) is 0 Å². The molecule has 0 spiro atoms. The third-order valence-corrected chi connectivity index (χ3v) is 17.1. The van der Waals surface area contributed by atoms with Crippen molar-refractivity contribution in [3.8, 4) is 0 Å². The minimum atomic E-state index is -1.79. The fourth-order valence-corrected chi connectivity index (χ4v) is 11.6. The van der Waals surface area contributed by atoms with Crippen LogP contribution in [0.1, 0.15) is 309 Å². The van der Waals surface area contributed by atoms with Crippen LogP contribution < -0.4 is 5.32 Å². The summed E-state index contributed by atoms with van der Waals surface area (Å²) in [7, 11) is 0. The molecule has 2 aliphatic heterocycles. The van der Waals surface area contributed by atoms with Gasteiger partial charge in [-0.1, -0.05) is 295 Å². The van der Waals surface area contributed by atoms with E-state index >= 15 is 0 Å². The lowest BCUT2D eigenvalue weighted by molar-refractivity contribution is -0.359. The Morgan fingerprint density at radius 3 is 1.20 bits per heavy atom. The van der Waals surface area contributed by atoms with Crippen LogP contribution >= 0.6 is 0 Å². The van der Waals surface area contributed by atoms with Gasteiger partial charge in [0.25, 0.3) is 0 Å². The highest BCUT2D eigenvalue weighted by molar-refractivity contribution is 5.76. The van der Waals surface area contributed by atoms with Crippen molar-refractivity contribution in [3.05, 3.63) is 24.3 Å². The Labute approximate surface area is 500 Å². The van der Waals surface area contributed by atoms with Crippen molar-refractivity contribution in [1.82, 2.24) is 5.32 Å². The Hall–Kier alpha value is -1.53. The van der Waals surface area contributed by atoms with Gasteiger partial charge in [0.2, 0.25) is 5.91 Å². The highest BCUT2D eigenvalue weighted by Gasteiger charge is 2.51. The predicted molar refractivity (Wildman–Crippen MR) is 332 cm³/mol. The summed E-state index contributed by atoms with van der Waals surface area (Å²) in [6.45, 7) is 2.75. The van der Waals surface area contributed by atoms with Gasteiger partial charge in [-0.15, -0.1) is 0 Å². The number of unbranched alkanes of at least 4 members (excludes halogenated alkanes) is 42. The van der Waals surface area contributed by atoms with E-state index in [1.54, 1.807) is 6.08 Å². The maximum absolute atomic E-state index is 13.2. The quantitative estimate of drug-likeness (QED) is 0.0204. The molecule has 12 atom stereocenters. The van der Waals surface area contributed by atoms with Gasteiger partial charge < -0.3 is 65.1 Å². The van der Waals surface area contributed by atoms with E-state index in [1.807, 2.05) is 6.08 Å². The number of carbonyl (C=O) groups is 1. The Morgan fingerprint density at radius 2 is 0.780 bits per heavy atom. The van der Waals surface area contributed by atoms with E-state index in [-0.39, 0.29) is 18.9 Å². The number of allylic oxidation sites excluding steroid dienone is 3. The maximum Gasteiger partial charge on any atom is 0.220 e. The van der Waals surface area contributed by atoms with Gasteiger partial charge in [-0.2, -0.15) is 0 Å². The van der Waals surface area contributed by atoms with Gasteiger partial charge in [0, 0.05) is 6.42 Å². The van der Waals surface area contributed by atoms with Gasteiger partial charge in [0.05, 0.1) is 32.0 Å². The van der Waals surface area contributed by atoms with E-state index in [4.69, 9.17) is 18.9 Å². The van der Waals surface area contributed by atoms with Crippen molar-refractivity contribution >= 4 is 5.91 Å². The molecule has 0 aromatic carbocycles. The first-order chi connectivity index (χ1) is 40.1. The topological polar surface area (TPSA) is 228 Å². The monoisotopic (exact) mass is 1170 g/mol. The van der Waals surface area contributed by atoms with Crippen molar-refractivity contribution in [2.24, 2.45) is 0 Å². The van der Waals surface area contributed by atoms with Crippen molar-refractivity contribution < 1.29 is 64.6 Å². The summed E-state index contributed by atoms with van der Waals surface area (Å²) in [5.41, 5.74) is 0. The highest BCUT2D eigenvalue weighted by atomic mass is 16.7. The summed E-state index contributed by atoms with van der Waals surface area (Å²) in [4.78, 5) is 13.2. The number of aliphatic hydroxyl groups excluding tert-OH is 8. The van der Waals surface area contributed by atoms with Crippen LogP contribution in [0.2, 0.25) is 0 Å². The number of ether oxygens (including phenoxy) is 4. The molecule has 0 radical (unpaired) electrons. The Kier molecular flexibility index (Phi) is 50.1. The van der Waals surface area contributed by atoms with Crippen LogP contribution in [-0.4, -0.2) is 140 Å². The van der Waals surface area contributed by atoms with Gasteiger partial charge in [0.15, 0.2) is 12.6 Å². The van der Waals surface area contributed by atoms with Crippen LogP contribution in [0.3, 0.4) is 0 Å². The number of aliphatic hydroxyl groups is 8. The summed E-state index contributed by atoms with van der Waals surface area (Å²) in [6, 6.07) is -0.926. The van der Waals surface area contributed by atoms with Crippen molar-refractivity contribution in [3.63, 3.8) is 0 Å². The molecule has 2 saturated heterocycles. The molecule has 14 heteroatoms. The fraction of sp³-hybridized carbons (Fsp3) is 0.926. The van der Waals surface area contributed by atoms with Gasteiger partial charge in [-0.05, 0) is 32.1 Å². The van der Waals surface area contributed by atoms with E-state index in [2.05, 4.69) is 31.3 Å². The largest absolute Gasteiger partial charge is 0.394 e. The number of amides is 1. The molecule has 0 aromatic rings. The molecule has 2 heterocycles. The zero-order valence-electron chi connectivity index (χ0n) is 52.5. The van der Waals surface area contributed by atoms with E-state index < -0.39 is 86.8 Å². The Balaban J connectivity index is 1.50. The summed E-state index contributed by atoms with van der Waals surface area (Å²) in [5, 5.41) is 86.9. The second kappa shape index (κ2) is 53.7. The second-order valence-electron chi connectivity index (χ2n) is 24.7. The lowest BCUT2D eigenvalue weighted by atomic mass is 9.97. The molecule has 1 amide bonds. The van der Waals surface area contributed by atoms with E-state index in [0.29, 0.717) is 12.8 Å². The lowest BCUT2D eigenvalue weighted by Crippen LogP contribution is -2.65. The molecule has 0 aromatic heterocycles. The molecular weight excluding hydrogens is 1040 g/mol. The summed E-state index contributed by atoms with van der Waals surface area (Å²) >= 11 is 0. The van der Waals surface area contributed by atoms with Crippen molar-refractivity contribution in [1.29, 1.82) is 0 Å². The molecule has 2 fully saturated rings. The first-order valence-corrected chi connectivity index (χ1v) is 34.6. The number of hydrogen-bond acceptors (Lipinski definition) is 13. The third-order valence-electron chi connectivity index (χ3n) is 17.1. The molecule has 484 valence electrons. The molecule has 12 unspecified atom stereocenters. The van der Waals surface area contributed by atoms with Gasteiger partial charge in [0.1, 0.15) is 48.8 Å². The Morgan fingerprint density at radius 1 is 0.427 bits per heavy atom. The maximum atomic E-state index is 13.2. The van der Waals surface area contributed by atoms with Crippen LogP contribution in [0.25, 0.3) is 0 Å². The summed E-state index contributed by atoms with van der Waals surface area (Å²) in [6.07, 6.45) is 50.3. The van der Waals surface area contributed by atoms with Gasteiger partial charge in [-0.25, -0.2) is 0 Å². The molecule has 0 aliphatic carbocycles. The molecule has 82 heavy (non-hydrogen) atoms. The molecule has 2 aliphatic rings. The fourth-order valence-electron chi connectivity index (χ4n) is 11.6. The van der Waals surface area contributed by atoms with Crippen LogP contribution in [0.15, 0.2) is 24.3 Å². The second-order valence-corrected chi connectivity index (χ2v) is 24.7. The Bertz CT molecular complexity index is 1470. The first kappa shape index (κ1) is 76.6. The minimum absolute atomic E-state index is 0.246. The standard InChI is InChI=1S/C68H129NO13/c1-3-5-7-9-11-13-14-15-16-17-18-19-20-21-22-23-24-25-26-27-28-29-30-31-32-33-34-35-36-37-38-39-40-41-42-44-46-48-50-52-60(73)69-56(57(72)51-49-47-45-43-12-10-8-6-4-2)55-79-67-65(78)63(76)66(59(54-71)81-67)82-68-64(77)62(75)61(74)58(53-70)80-68/h12,43,49,51,56-59,61-68,70-72,74-78H,3-11,13-42,44-48,50,52-55H2,1-2H3,(H,69,73)/b43-12+,51-49+. The molecule has 0 saturated carbocycles. The highest BCUT2D eigenvalue weighted by Crippen LogP contribution is 2.30. The lowest BCUT2D eigenvalue weighted by Gasteiger charge is -2.46. The van der Waals surface area contributed by atoms with Crippen LogP contribution in [0, 0.1) is 0 Å². The van der Waals surface area contributed by atoms with Crippen molar-refractivity contribution in [2.75, 3.05) is 19.8 Å². The molecule has 14 nitrogen and oxygen atoms in total. The normalized spacial score (nSPS) is 24.0. The van der Waals surface area contributed by atoms with E-state index in [9.17, 15) is 45.6 Å². The first-order valence-electron chi connectivity index (χ1n) is 34.6. The van der Waals surface area contributed by atoms with E-state index in [0.717, 1.165) is 38.5 Å². The predicted octanol–water partition coefficient (Wildman–Crippen LogP) is 13.6. The molecular formula is C68H129NO13. The molecule has 0 bridgehead atoms. The number of nitrogens with one attached hydrogen (secondary N) is 1. The molecule has 2 rings (SSSR count). The van der Waals surface area contributed by atoms with E-state index in [1.165, 1.54) is 238 Å². The smallest absolute Gasteiger partial charge is 0.220 e. The minimum Gasteiger partial charge on any atom is -0.394 e. The van der Waals surface area contributed by atoms with Gasteiger partial charge in [-0.3, -0.25) is 4.79 Å². The third kappa shape index (κ3) is 37.9. The van der Waals surface area contributed by atoms with Crippen LogP contribution in [0.5, 0.6) is 0 Å². The average Bonchev–Trinajstić information content (AvgIpc) is 3.24. The van der Waals surface area contributed by atoms with Crippen LogP contribution in [-0.2, 0) is 23.7 Å². The van der Waals surface area contributed by atoms with Gasteiger partial charge >= 0.3 is 0 Å². The van der Waals surface area contributed by atoms with Crippen molar-refractivity contribution in [2.45, 2.75) is 383 Å². The number of rotatable bonds is 57. The average molecular weight is 1170 g/mol. The number of hydrogen-bond donors (Lipinski definition) is 9.